The topological polar surface area (TPSA) is 105 Å². The first-order valence-corrected chi connectivity index (χ1v) is 10.3. The van der Waals surface area contributed by atoms with Gasteiger partial charge in [-0.15, -0.1) is 12.4 Å². The number of sulfonamides is 1. The molecule has 3 N–H and O–H groups in total. The fraction of sp³-hybridized carbons (Fsp3) is 0.444. The summed E-state index contributed by atoms with van der Waals surface area (Å²) in [5, 5.41) is 10.5. The molecular formula is C18H26ClN5O3S. The second-order valence-corrected chi connectivity index (χ2v) is 8.72. The number of benzene rings is 1. The van der Waals surface area contributed by atoms with Gasteiger partial charge in [0.2, 0.25) is 15.9 Å². The van der Waals surface area contributed by atoms with Gasteiger partial charge in [-0.05, 0) is 37.2 Å². The number of aromatic nitrogens is 2. The summed E-state index contributed by atoms with van der Waals surface area (Å²) in [5.41, 5.74) is 1.78. The molecular weight excluding hydrogens is 402 g/mol. The molecule has 10 heteroatoms. The van der Waals surface area contributed by atoms with Crippen molar-refractivity contribution in [3.05, 3.63) is 47.8 Å². The molecule has 28 heavy (non-hydrogen) atoms. The highest BCUT2D eigenvalue weighted by molar-refractivity contribution is 7.89. The highest BCUT2D eigenvalue weighted by Gasteiger charge is 2.35. The van der Waals surface area contributed by atoms with Gasteiger partial charge in [0.1, 0.15) is 0 Å². The Bertz CT molecular complexity index is 931. The first kappa shape index (κ1) is 22.4. The largest absolute Gasteiger partial charge is 0.349 e. The van der Waals surface area contributed by atoms with Crippen LogP contribution in [0.4, 0.5) is 0 Å². The van der Waals surface area contributed by atoms with Crippen molar-refractivity contribution < 1.29 is 13.2 Å². The maximum atomic E-state index is 12.8. The fourth-order valence-electron chi connectivity index (χ4n) is 3.41. The van der Waals surface area contributed by atoms with Crippen LogP contribution in [0.25, 0.3) is 0 Å². The van der Waals surface area contributed by atoms with E-state index in [0.717, 1.165) is 17.7 Å². The quantitative estimate of drug-likeness (QED) is 0.636. The smallest absolute Gasteiger partial charge is 0.240 e. The minimum absolute atomic E-state index is 0. The number of carbonyl (C=O) groups excluding carboxylic acids is 1. The van der Waals surface area contributed by atoms with Crippen molar-refractivity contribution in [1.29, 1.82) is 0 Å². The van der Waals surface area contributed by atoms with E-state index >= 15 is 0 Å². The van der Waals surface area contributed by atoms with Crippen LogP contribution in [0.3, 0.4) is 0 Å². The number of carbonyl (C=O) groups is 1. The lowest BCUT2D eigenvalue weighted by Crippen LogP contribution is -2.36. The molecule has 1 aromatic carbocycles. The SMILES string of the molecule is CNS(=O)(=O)c1cccc(C(C)NC(=O)[C@H]2CNC[C@@H]2c2cnn(C)c2)c1.Cl. The lowest BCUT2D eigenvalue weighted by atomic mass is 9.90. The first-order valence-electron chi connectivity index (χ1n) is 8.85. The number of aryl methyl sites for hydroxylation is 1. The van der Waals surface area contributed by atoms with Crippen molar-refractivity contribution in [3.63, 3.8) is 0 Å². The molecule has 0 saturated carbocycles. The van der Waals surface area contributed by atoms with Crippen LogP contribution in [0.2, 0.25) is 0 Å². The number of nitrogens with one attached hydrogen (secondary N) is 3. The van der Waals surface area contributed by atoms with Crippen LogP contribution in [0.1, 0.15) is 30.0 Å². The van der Waals surface area contributed by atoms with E-state index in [4.69, 9.17) is 0 Å². The Labute approximate surface area is 171 Å². The molecule has 154 valence electrons. The van der Waals surface area contributed by atoms with E-state index in [1.807, 2.05) is 26.2 Å². The molecule has 1 aromatic heterocycles. The van der Waals surface area contributed by atoms with E-state index in [-0.39, 0.29) is 41.1 Å². The summed E-state index contributed by atoms with van der Waals surface area (Å²) in [6, 6.07) is 6.30. The van der Waals surface area contributed by atoms with Gasteiger partial charge in [0, 0.05) is 32.3 Å². The van der Waals surface area contributed by atoms with Gasteiger partial charge in [-0.1, -0.05) is 12.1 Å². The van der Waals surface area contributed by atoms with Crippen LogP contribution >= 0.6 is 12.4 Å². The number of halogens is 1. The molecule has 1 saturated heterocycles. The zero-order chi connectivity index (χ0) is 19.6. The van der Waals surface area contributed by atoms with Gasteiger partial charge in [-0.25, -0.2) is 13.1 Å². The summed E-state index contributed by atoms with van der Waals surface area (Å²) in [5.74, 6) is -0.175. The molecule has 0 radical (unpaired) electrons. The molecule has 2 heterocycles. The van der Waals surface area contributed by atoms with E-state index < -0.39 is 10.0 Å². The predicted octanol–water partition coefficient (Wildman–Crippen LogP) is 0.930. The standard InChI is InChI=1S/C18H25N5O3S.ClH/c1-12(13-5-4-6-15(7-13)27(25,26)19-2)22-18(24)17-10-20-9-16(17)14-8-21-23(3)11-14;/h4-8,11-12,16-17,19-20H,9-10H2,1-3H3,(H,22,24);1H/t12?,16-,17+;/m1./s1. The predicted molar refractivity (Wildman–Crippen MR) is 109 cm³/mol. The molecule has 3 rings (SSSR count). The third kappa shape index (κ3) is 4.72. The summed E-state index contributed by atoms with van der Waals surface area (Å²) in [6.07, 6.45) is 3.74. The van der Waals surface area contributed by atoms with Gasteiger partial charge >= 0.3 is 0 Å². The minimum atomic E-state index is -3.52. The molecule has 2 aromatic rings. The Morgan fingerprint density at radius 1 is 1.36 bits per heavy atom. The monoisotopic (exact) mass is 427 g/mol. The van der Waals surface area contributed by atoms with Crippen molar-refractivity contribution in [2.24, 2.45) is 13.0 Å². The number of amides is 1. The Balaban J connectivity index is 0.00000280. The van der Waals surface area contributed by atoms with Gasteiger partial charge < -0.3 is 10.6 Å². The molecule has 1 unspecified atom stereocenters. The zero-order valence-electron chi connectivity index (χ0n) is 16.0. The molecule has 1 amide bonds. The Kier molecular flexibility index (Phi) is 7.22. The van der Waals surface area contributed by atoms with Crippen molar-refractivity contribution in [1.82, 2.24) is 25.1 Å². The number of rotatable bonds is 6. The Hall–Kier alpha value is -1.94. The van der Waals surface area contributed by atoms with Gasteiger partial charge in [0.05, 0.1) is 23.1 Å². The minimum Gasteiger partial charge on any atom is -0.349 e. The molecule has 0 aliphatic carbocycles. The lowest BCUT2D eigenvalue weighted by Gasteiger charge is -2.21. The summed E-state index contributed by atoms with van der Waals surface area (Å²) < 4.78 is 28.0. The summed E-state index contributed by atoms with van der Waals surface area (Å²) in [7, 11) is -0.293. The number of nitrogens with zero attached hydrogens (tertiary/aromatic N) is 2. The van der Waals surface area contributed by atoms with Crippen LogP contribution in [-0.2, 0) is 21.9 Å². The summed E-state index contributed by atoms with van der Waals surface area (Å²) in [6.45, 7) is 3.19. The lowest BCUT2D eigenvalue weighted by molar-refractivity contribution is -0.125. The van der Waals surface area contributed by atoms with Gasteiger partial charge in [-0.2, -0.15) is 5.10 Å². The third-order valence-electron chi connectivity index (χ3n) is 5.00. The average molecular weight is 428 g/mol. The number of hydrogen-bond acceptors (Lipinski definition) is 5. The first-order chi connectivity index (χ1) is 12.8. The third-order valence-corrected chi connectivity index (χ3v) is 6.41. The molecule has 0 spiro atoms. The molecule has 8 nitrogen and oxygen atoms in total. The highest BCUT2D eigenvalue weighted by atomic mass is 35.5. The summed E-state index contributed by atoms with van der Waals surface area (Å²) in [4.78, 5) is 13.0. The molecule has 3 atom stereocenters. The van der Waals surface area contributed by atoms with Gasteiger partial charge in [0.25, 0.3) is 0 Å². The van der Waals surface area contributed by atoms with Crippen LogP contribution in [0.15, 0.2) is 41.6 Å². The number of hydrogen-bond donors (Lipinski definition) is 3. The highest BCUT2D eigenvalue weighted by Crippen LogP contribution is 2.28. The second-order valence-electron chi connectivity index (χ2n) is 6.83. The van der Waals surface area contributed by atoms with Crippen molar-refractivity contribution >= 4 is 28.3 Å². The van der Waals surface area contributed by atoms with Crippen LogP contribution in [0, 0.1) is 5.92 Å². The van der Waals surface area contributed by atoms with Gasteiger partial charge in [0.15, 0.2) is 0 Å². The van der Waals surface area contributed by atoms with E-state index in [2.05, 4.69) is 20.5 Å². The Morgan fingerprint density at radius 2 is 2.11 bits per heavy atom. The molecule has 1 aliphatic heterocycles. The molecule has 1 fully saturated rings. The van der Waals surface area contributed by atoms with Crippen molar-refractivity contribution in [2.75, 3.05) is 20.1 Å². The van der Waals surface area contributed by atoms with Crippen molar-refractivity contribution in [2.45, 2.75) is 23.8 Å². The zero-order valence-corrected chi connectivity index (χ0v) is 17.7. The maximum absolute atomic E-state index is 12.8. The van der Waals surface area contributed by atoms with E-state index in [9.17, 15) is 13.2 Å². The van der Waals surface area contributed by atoms with E-state index in [1.165, 1.54) is 13.1 Å². The normalized spacial score (nSPS) is 20.4. The maximum Gasteiger partial charge on any atom is 0.240 e. The molecule has 1 aliphatic rings. The van der Waals surface area contributed by atoms with Crippen molar-refractivity contribution in [3.8, 4) is 0 Å². The van der Waals surface area contributed by atoms with E-state index in [0.29, 0.717) is 6.54 Å². The Morgan fingerprint density at radius 3 is 2.75 bits per heavy atom. The van der Waals surface area contributed by atoms with Gasteiger partial charge in [-0.3, -0.25) is 9.48 Å². The average Bonchev–Trinajstić information content (AvgIpc) is 3.30. The summed E-state index contributed by atoms with van der Waals surface area (Å²) >= 11 is 0. The van der Waals surface area contributed by atoms with Crippen LogP contribution in [0.5, 0.6) is 0 Å². The van der Waals surface area contributed by atoms with E-state index in [1.54, 1.807) is 23.0 Å². The molecule has 0 bridgehead atoms. The van der Waals surface area contributed by atoms with Crippen LogP contribution < -0.4 is 15.4 Å². The second kappa shape index (κ2) is 9.04. The van der Waals surface area contributed by atoms with Crippen LogP contribution in [-0.4, -0.2) is 44.2 Å². The fourth-order valence-corrected chi connectivity index (χ4v) is 4.19.